The number of benzene rings is 2. The largest absolute Gasteiger partial charge is 0.379 e. The third-order valence-corrected chi connectivity index (χ3v) is 6.96. The van der Waals surface area contributed by atoms with Crippen molar-refractivity contribution in [3.05, 3.63) is 59.7 Å². The minimum absolute atomic E-state index is 0.169. The first kappa shape index (κ1) is 21.4. The number of nitrogens with zero attached hydrogens (tertiary/aromatic N) is 3. The third-order valence-electron chi connectivity index (χ3n) is 5.05. The number of hydrogen-bond acceptors (Lipinski definition) is 7. The molecule has 0 bridgehead atoms. The van der Waals surface area contributed by atoms with Crippen LogP contribution in [0.15, 0.2) is 51.9 Å². The van der Waals surface area contributed by atoms with Crippen LogP contribution in [0.1, 0.15) is 18.4 Å². The summed E-state index contributed by atoms with van der Waals surface area (Å²) in [6, 6.07) is 11.8. The summed E-state index contributed by atoms with van der Waals surface area (Å²) >= 11 is 0. The lowest BCUT2D eigenvalue weighted by Gasteiger charge is -2.26. The number of hydrogen-bond donors (Lipinski definition) is 1. The lowest BCUT2D eigenvalue weighted by atomic mass is 10.1. The Morgan fingerprint density at radius 1 is 1.13 bits per heavy atom. The van der Waals surface area contributed by atoms with Crippen LogP contribution in [0, 0.1) is 5.82 Å². The Kier molecular flexibility index (Phi) is 6.30. The Balaban J connectivity index is 1.47. The summed E-state index contributed by atoms with van der Waals surface area (Å²) in [5, 5.41) is 7.00. The Labute approximate surface area is 180 Å². The van der Waals surface area contributed by atoms with Crippen molar-refractivity contribution in [3.8, 4) is 11.4 Å². The standard InChI is InChI=1S/C21H23FN4O4S/c1-2-15-3-5-16(6-4-15)21-24-20(30-25-21)14-23-17-7-8-18(22)19(13-17)31(27,28)26-9-11-29-12-10-26/h3-8,13,23H,2,9-12,14H2,1H3. The van der Waals surface area contributed by atoms with Gasteiger partial charge in [-0.15, -0.1) is 0 Å². The minimum Gasteiger partial charge on any atom is -0.379 e. The predicted molar refractivity (Wildman–Crippen MR) is 112 cm³/mol. The van der Waals surface area contributed by atoms with Crippen LogP contribution < -0.4 is 5.32 Å². The van der Waals surface area contributed by atoms with Gasteiger partial charge in [0.1, 0.15) is 10.7 Å². The quantitative estimate of drug-likeness (QED) is 0.596. The number of morpholine rings is 1. The maximum atomic E-state index is 14.3. The first-order chi connectivity index (χ1) is 15.0. The van der Waals surface area contributed by atoms with Crippen LogP contribution in [0.5, 0.6) is 0 Å². The third kappa shape index (κ3) is 4.76. The van der Waals surface area contributed by atoms with Crippen LogP contribution >= 0.6 is 0 Å². The van der Waals surface area contributed by atoms with E-state index in [0.29, 0.717) is 30.6 Å². The minimum atomic E-state index is -3.95. The summed E-state index contributed by atoms with van der Waals surface area (Å²) < 4.78 is 51.6. The van der Waals surface area contributed by atoms with Crippen LogP contribution in [0.25, 0.3) is 11.4 Å². The van der Waals surface area contributed by atoms with Gasteiger partial charge >= 0.3 is 0 Å². The zero-order chi connectivity index (χ0) is 21.8. The molecule has 1 aliphatic rings. The van der Waals surface area contributed by atoms with Crippen molar-refractivity contribution in [2.75, 3.05) is 31.6 Å². The summed E-state index contributed by atoms with van der Waals surface area (Å²) in [7, 11) is -3.95. The topological polar surface area (TPSA) is 97.6 Å². The molecule has 2 heterocycles. The highest BCUT2D eigenvalue weighted by Crippen LogP contribution is 2.24. The number of rotatable bonds is 7. The highest BCUT2D eigenvalue weighted by Gasteiger charge is 2.29. The normalized spacial score (nSPS) is 15.2. The van der Waals surface area contributed by atoms with Crippen LogP contribution in [0.3, 0.4) is 0 Å². The molecular weight excluding hydrogens is 423 g/mol. The van der Waals surface area contributed by atoms with Gasteiger partial charge in [0.2, 0.25) is 21.7 Å². The van der Waals surface area contributed by atoms with E-state index in [4.69, 9.17) is 9.26 Å². The summed E-state index contributed by atoms with van der Waals surface area (Å²) in [5.41, 5.74) is 2.49. The molecule has 1 fully saturated rings. The summed E-state index contributed by atoms with van der Waals surface area (Å²) in [4.78, 5) is 3.99. The molecule has 0 saturated carbocycles. The van der Waals surface area contributed by atoms with E-state index in [1.54, 1.807) is 0 Å². The molecule has 8 nitrogen and oxygen atoms in total. The van der Waals surface area contributed by atoms with E-state index in [1.165, 1.54) is 22.0 Å². The average molecular weight is 447 g/mol. The number of halogens is 1. The van der Waals surface area contributed by atoms with Gasteiger partial charge in [-0.05, 0) is 30.2 Å². The smallest absolute Gasteiger partial charge is 0.246 e. The predicted octanol–water partition coefficient (Wildman–Crippen LogP) is 3.07. The van der Waals surface area contributed by atoms with Gasteiger partial charge in [0.05, 0.1) is 19.8 Å². The molecule has 0 amide bonds. The molecule has 1 aliphatic heterocycles. The van der Waals surface area contributed by atoms with Crippen LogP contribution in [-0.2, 0) is 27.7 Å². The Morgan fingerprint density at radius 2 is 1.87 bits per heavy atom. The Hall–Kier alpha value is -2.82. The molecule has 0 aliphatic carbocycles. The second kappa shape index (κ2) is 9.13. The zero-order valence-electron chi connectivity index (χ0n) is 17.0. The maximum absolute atomic E-state index is 14.3. The van der Waals surface area contributed by atoms with Gasteiger partial charge < -0.3 is 14.6 Å². The molecule has 31 heavy (non-hydrogen) atoms. The number of anilines is 1. The van der Waals surface area contributed by atoms with E-state index in [9.17, 15) is 12.8 Å². The first-order valence-electron chi connectivity index (χ1n) is 10.0. The van der Waals surface area contributed by atoms with E-state index in [0.717, 1.165) is 18.1 Å². The van der Waals surface area contributed by atoms with Gasteiger partial charge in [-0.2, -0.15) is 9.29 Å². The van der Waals surface area contributed by atoms with Crippen LogP contribution in [-0.4, -0.2) is 49.2 Å². The van der Waals surface area contributed by atoms with Crippen molar-refractivity contribution < 1.29 is 22.1 Å². The number of ether oxygens (including phenoxy) is 1. The van der Waals surface area contributed by atoms with Gasteiger partial charge in [0.25, 0.3) is 0 Å². The van der Waals surface area contributed by atoms with E-state index >= 15 is 0 Å². The van der Waals surface area contributed by atoms with Crippen molar-refractivity contribution in [2.24, 2.45) is 0 Å². The molecule has 1 saturated heterocycles. The van der Waals surface area contributed by atoms with Crippen LogP contribution in [0.2, 0.25) is 0 Å². The first-order valence-corrected chi connectivity index (χ1v) is 11.4. The molecule has 10 heteroatoms. The second-order valence-electron chi connectivity index (χ2n) is 7.08. The molecule has 0 radical (unpaired) electrons. The highest BCUT2D eigenvalue weighted by atomic mass is 32.2. The molecule has 0 unspecified atom stereocenters. The molecule has 0 atom stereocenters. The van der Waals surface area contributed by atoms with E-state index < -0.39 is 15.8 Å². The number of aromatic nitrogens is 2. The fourth-order valence-electron chi connectivity index (χ4n) is 3.25. The molecule has 164 valence electrons. The lowest BCUT2D eigenvalue weighted by molar-refractivity contribution is 0.0729. The number of sulfonamides is 1. The lowest BCUT2D eigenvalue weighted by Crippen LogP contribution is -2.40. The van der Waals surface area contributed by atoms with Gasteiger partial charge in [-0.25, -0.2) is 12.8 Å². The summed E-state index contributed by atoms with van der Waals surface area (Å²) in [6.07, 6.45) is 0.947. The SMILES string of the molecule is CCc1ccc(-c2noc(CNc3ccc(F)c(S(=O)(=O)N4CCOCC4)c3)n2)cc1. The van der Waals surface area contributed by atoms with E-state index in [2.05, 4.69) is 22.4 Å². The molecule has 4 rings (SSSR count). The second-order valence-corrected chi connectivity index (χ2v) is 8.98. The van der Waals surface area contributed by atoms with Crippen molar-refractivity contribution in [1.29, 1.82) is 0 Å². The van der Waals surface area contributed by atoms with Gasteiger partial charge in [-0.3, -0.25) is 0 Å². The fourth-order valence-corrected chi connectivity index (χ4v) is 4.75. The molecule has 2 aromatic carbocycles. The van der Waals surface area contributed by atoms with Crippen molar-refractivity contribution in [2.45, 2.75) is 24.8 Å². The zero-order valence-corrected chi connectivity index (χ0v) is 17.9. The van der Waals surface area contributed by atoms with E-state index in [1.807, 2.05) is 24.3 Å². The van der Waals surface area contributed by atoms with Gasteiger partial charge in [-0.1, -0.05) is 36.3 Å². The van der Waals surface area contributed by atoms with Gasteiger partial charge in [0.15, 0.2) is 0 Å². The van der Waals surface area contributed by atoms with Gasteiger partial charge in [0, 0.05) is 24.3 Å². The number of nitrogens with one attached hydrogen (secondary N) is 1. The molecule has 3 aromatic rings. The maximum Gasteiger partial charge on any atom is 0.246 e. The Bertz CT molecular complexity index is 1140. The van der Waals surface area contributed by atoms with E-state index in [-0.39, 0.29) is 24.5 Å². The van der Waals surface area contributed by atoms with Crippen molar-refractivity contribution in [3.63, 3.8) is 0 Å². The summed E-state index contributed by atoms with van der Waals surface area (Å²) in [5.74, 6) is -0.00160. The monoisotopic (exact) mass is 446 g/mol. The molecule has 0 spiro atoms. The average Bonchev–Trinajstić information content (AvgIpc) is 3.28. The van der Waals surface area contributed by atoms with Crippen molar-refractivity contribution >= 4 is 15.7 Å². The summed E-state index contributed by atoms with van der Waals surface area (Å²) in [6.45, 7) is 3.23. The molecule has 1 N–H and O–H groups in total. The highest BCUT2D eigenvalue weighted by molar-refractivity contribution is 7.89. The molecular formula is C21H23FN4O4S. The van der Waals surface area contributed by atoms with Crippen LogP contribution in [0.4, 0.5) is 10.1 Å². The number of aryl methyl sites for hydroxylation is 1. The van der Waals surface area contributed by atoms with Crippen molar-refractivity contribution in [1.82, 2.24) is 14.4 Å². The fraction of sp³-hybridized carbons (Fsp3) is 0.333. The molecule has 1 aromatic heterocycles. The Morgan fingerprint density at radius 3 is 2.58 bits per heavy atom.